The quantitative estimate of drug-likeness (QED) is 0.762. The van der Waals surface area contributed by atoms with Crippen molar-refractivity contribution in [3.05, 3.63) is 18.3 Å². The first kappa shape index (κ1) is 21.9. The number of hydrogen-bond acceptors (Lipinski definition) is 5. The SMILES string of the molecule is CC(C)N(C(=O)O)c1ccc(N2CCCC3(CCN([C@H]4CC[C@H](O)CC4)C3=O)C2)nc1. The number of hydrogen-bond donors (Lipinski definition) is 2. The van der Waals surface area contributed by atoms with E-state index in [9.17, 15) is 19.8 Å². The van der Waals surface area contributed by atoms with Crippen LogP contribution in [0, 0.1) is 5.41 Å². The second kappa shape index (κ2) is 8.65. The number of amides is 2. The maximum absolute atomic E-state index is 13.5. The van der Waals surface area contributed by atoms with E-state index in [1.807, 2.05) is 19.9 Å². The third-order valence-electron chi connectivity index (χ3n) is 7.29. The summed E-state index contributed by atoms with van der Waals surface area (Å²) >= 11 is 0. The van der Waals surface area contributed by atoms with E-state index in [1.54, 1.807) is 12.3 Å². The summed E-state index contributed by atoms with van der Waals surface area (Å²) in [7, 11) is 0. The smallest absolute Gasteiger partial charge is 0.412 e. The Hall–Kier alpha value is -2.35. The highest BCUT2D eigenvalue weighted by atomic mass is 16.4. The minimum Gasteiger partial charge on any atom is -0.465 e. The highest BCUT2D eigenvalue weighted by Crippen LogP contribution is 2.43. The van der Waals surface area contributed by atoms with Gasteiger partial charge in [0.15, 0.2) is 0 Å². The second-order valence-electron chi connectivity index (χ2n) is 9.64. The van der Waals surface area contributed by atoms with Gasteiger partial charge in [0.1, 0.15) is 5.82 Å². The summed E-state index contributed by atoms with van der Waals surface area (Å²) in [6, 6.07) is 3.76. The van der Waals surface area contributed by atoms with Crippen LogP contribution < -0.4 is 9.80 Å². The summed E-state index contributed by atoms with van der Waals surface area (Å²) in [6.07, 6.45) is 6.49. The van der Waals surface area contributed by atoms with E-state index in [-0.39, 0.29) is 29.5 Å². The maximum atomic E-state index is 13.5. The van der Waals surface area contributed by atoms with Gasteiger partial charge in [-0.2, -0.15) is 0 Å². The average molecular weight is 431 g/mol. The molecule has 2 N–H and O–H groups in total. The van der Waals surface area contributed by atoms with Crippen molar-refractivity contribution < 1.29 is 19.8 Å². The van der Waals surface area contributed by atoms with Gasteiger partial charge in [-0.3, -0.25) is 9.69 Å². The number of piperidine rings is 1. The van der Waals surface area contributed by atoms with Crippen molar-refractivity contribution in [2.45, 2.75) is 77.0 Å². The molecule has 1 unspecified atom stereocenters. The molecule has 8 heteroatoms. The molecule has 8 nitrogen and oxygen atoms in total. The topological polar surface area (TPSA) is 97.2 Å². The summed E-state index contributed by atoms with van der Waals surface area (Å²) in [5.74, 6) is 1.07. The predicted molar refractivity (Wildman–Crippen MR) is 118 cm³/mol. The number of aromatic nitrogens is 1. The summed E-state index contributed by atoms with van der Waals surface area (Å²) < 4.78 is 0. The summed E-state index contributed by atoms with van der Waals surface area (Å²) in [5.41, 5.74) is 0.209. The van der Waals surface area contributed by atoms with E-state index in [2.05, 4.69) is 14.8 Å². The van der Waals surface area contributed by atoms with Gasteiger partial charge < -0.3 is 20.0 Å². The van der Waals surface area contributed by atoms with E-state index in [0.717, 1.165) is 63.9 Å². The molecule has 1 saturated carbocycles. The molecule has 1 aromatic rings. The fourth-order valence-corrected chi connectivity index (χ4v) is 5.61. The lowest BCUT2D eigenvalue weighted by molar-refractivity contribution is -0.139. The lowest BCUT2D eigenvalue weighted by Crippen LogP contribution is -2.50. The van der Waals surface area contributed by atoms with Gasteiger partial charge in [0.2, 0.25) is 5.91 Å². The van der Waals surface area contributed by atoms with Crippen molar-refractivity contribution in [3.63, 3.8) is 0 Å². The monoisotopic (exact) mass is 430 g/mol. The number of aliphatic hydroxyl groups excluding tert-OH is 1. The molecule has 1 spiro atoms. The number of carboxylic acid groups (broad SMARTS) is 1. The Labute approximate surface area is 183 Å². The number of carbonyl (C=O) groups excluding carboxylic acids is 1. The highest BCUT2D eigenvalue weighted by Gasteiger charge is 2.50. The molecule has 31 heavy (non-hydrogen) atoms. The number of carbonyl (C=O) groups is 2. The molecule has 1 aliphatic carbocycles. The minimum absolute atomic E-state index is 0.175. The third-order valence-corrected chi connectivity index (χ3v) is 7.29. The molecular formula is C23H34N4O4. The van der Waals surface area contributed by atoms with Crippen LogP contribution in [0.1, 0.15) is 58.8 Å². The van der Waals surface area contributed by atoms with Crippen LogP contribution in [0.4, 0.5) is 16.3 Å². The first-order valence-corrected chi connectivity index (χ1v) is 11.5. The van der Waals surface area contributed by atoms with E-state index < -0.39 is 6.09 Å². The molecule has 2 saturated heterocycles. The lowest BCUT2D eigenvalue weighted by Gasteiger charge is -2.41. The number of anilines is 2. The van der Waals surface area contributed by atoms with E-state index >= 15 is 0 Å². The molecule has 1 atom stereocenters. The predicted octanol–water partition coefficient (Wildman–Crippen LogP) is 3.10. The molecule has 3 aliphatic rings. The molecule has 0 bridgehead atoms. The zero-order chi connectivity index (χ0) is 22.2. The molecule has 0 aromatic carbocycles. The fraction of sp³-hybridized carbons (Fsp3) is 0.696. The van der Waals surface area contributed by atoms with Crippen molar-refractivity contribution in [1.29, 1.82) is 0 Å². The lowest BCUT2D eigenvalue weighted by atomic mass is 9.78. The molecule has 4 rings (SSSR count). The third kappa shape index (κ3) is 4.22. The molecule has 3 fully saturated rings. The Morgan fingerprint density at radius 3 is 2.55 bits per heavy atom. The highest BCUT2D eigenvalue weighted by molar-refractivity contribution is 5.87. The molecule has 3 heterocycles. The van der Waals surface area contributed by atoms with Crippen molar-refractivity contribution in [3.8, 4) is 0 Å². The maximum Gasteiger partial charge on any atom is 0.412 e. The van der Waals surface area contributed by atoms with Crippen molar-refractivity contribution >= 4 is 23.5 Å². The van der Waals surface area contributed by atoms with Crippen LogP contribution >= 0.6 is 0 Å². The van der Waals surface area contributed by atoms with Crippen LogP contribution in [0.3, 0.4) is 0 Å². The van der Waals surface area contributed by atoms with E-state index in [1.165, 1.54) is 4.90 Å². The zero-order valence-corrected chi connectivity index (χ0v) is 18.5. The normalized spacial score (nSPS) is 29.1. The Bertz CT molecular complexity index is 806. The van der Waals surface area contributed by atoms with Gasteiger partial charge in [0.25, 0.3) is 0 Å². The number of nitrogens with zero attached hydrogens (tertiary/aromatic N) is 4. The van der Waals surface area contributed by atoms with Crippen LogP contribution in [-0.4, -0.2) is 69.9 Å². The number of pyridine rings is 1. The molecule has 170 valence electrons. The molecule has 2 amide bonds. The van der Waals surface area contributed by atoms with Gasteiger partial charge >= 0.3 is 6.09 Å². The van der Waals surface area contributed by atoms with Gasteiger partial charge in [0, 0.05) is 31.7 Å². The molecule has 0 radical (unpaired) electrons. The second-order valence-corrected chi connectivity index (χ2v) is 9.64. The van der Waals surface area contributed by atoms with Crippen LogP contribution in [0.5, 0.6) is 0 Å². The molecule has 1 aromatic heterocycles. The van der Waals surface area contributed by atoms with Crippen molar-refractivity contribution in [2.24, 2.45) is 5.41 Å². The fourth-order valence-electron chi connectivity index (χ4n) is 5.61. The average Bonchev–Trinajstić information content (AvgIpc) is 3.04. The van der Waals surface area contributed by atoms with Crippen molar-refractivity contribution in [2.75, 3.05) is 29.4 Å². The Kier molecular flexibility index (Phi) is 6.10. The van der Waals surface area contributed by atoms with Gasteiger partial charge in [-0.05, 0) is 70.9 Å². The largest absolute Gasteiger partial charge is 0.465 e. The Morgan fingerprint density at radius 1 is 1.19 bits per heavy atom. The van der Waals surface area contributed by atoms with Crippen LogP contribution in [0.25, 0.3) is 0 Å². The first-order valence-electron chi connectivity index (χ1n) is 11.5. The Morgan fingerprint density at radius 2 is 1.94 bits per heavy atom. The van der Waals surface area contributed by atoms with Gasteiger partial charge in [-0.25, -0.2) is 9.78 Å². The Balaban J connectivity index is 1.46. The van der Waals surface area contributed by atoms with Gasteiger partial charge in [-0.15, -0.1) is 0 Å². The summed E-state index contributed by atoms with van der Waals surface area (Å²) in [6.45, 7) is 5.99. The van der Waals surface area contributed by atoms with Crippen LogP contribution in [0.2, 0.25) is 0 Å². The van der Waals surface area contributed by atoms with E-state index in [4.69, 9.17) is 0 Å². The minimum atomic E-state index is -0.992. The standard InChI is InChI=1S/C23H34N4O4/c1-16(2)27(22(30)31)18-6-9-20(24-14-18)25-12-3-10-23(15-25)11-13-26(21(23)29)17-4-7-19(28)8-5-17/h6,9,14,16-17,19,28H,3-5,7-8,10-13,15H2,1-2H3,(H,30,31)/t17-,19-,23?. The summed E-state index contributed by atoms with van der Waals surface area (Å²) in [4.78, 5) is 35.1. The molecule has 2 aliphatic heterocycles. The molecular weight excluding hydrogens is 396 g/mol. The van der Waals surface area contributed by atoms with Crippen LogP contribution in [0.15, 0.2) is 18.3 Å². The van der Waals surface area contributed by atoms with Gasteiger partial charge in [-0.1, -0.05) is 0 Å². The number of rotatable bonds is 4. The first-order chi connectivity index (χ1) is 14.8. The number of aliphatic hydroxyl groups is 1. The summed E-state index contributed by atoms with van der Waals surface area (Å²) in [5, 5.41) is 19.3. The van der Waals surface area contributed by atoms with Crippen LogP contribution in [-0.2, 0) is 4.79 Å². The zero-order valence-electron chi connectivity index (χ0n) is 18.5. The number of likely N-dealkylation sites (tertiary alicyclic amines) is 1. The van der Waals surface area contributed by atoms with E-state index in [0.29, 0.717) is 12.2 Å². The van der Waals surface area contributed by atoms with Gasteiger partial charge in [0.05, 0.1) is 23.4 Å². The van der Waals surface area contributed by atoms with Crippen molar-refractivity contribution in [1.82, 2.24) is 9.88 Å².